The van der Waals surface area contributed by atoms with Crippen molar-refractivity contribution in [2.75, 3.05) is 25.5 Å². The van der Waals surface area contributed by atoms with Crippen LogP contribution in [0.15, 0.2) is 12.1 Å². The molecule has 1 saturated heterocycles. The van der Waals surface area contributed by atoms with Gasteiger partial charge in [-0.1, -0.05) is 6.07 Å². The van der Waals surface area contributed by atoms with Gasteiger partial charge in [0.05, 0.1) is 7.11 Å². The highest BCUT2D eigenvalue weighted by molar-refractivity contribution is 5.96. The molecule has 2 aliphatic rings. The molecule has 1 saturated carbocycles. The molecule has 1 aromatic carbocycles. The fourth-order valence-corrected chi connectivity index (χ4v) is 3.69. The van der Waals surface area contributed by atoms with Gasteiger partial charge in [0, 0.05) is 17.2 Å². The monoisotopic (exact) mass is 324 g/mol. The summed E-state index contributed by atoms with van der Waals surface area (Å²) in [6.07, 6.45) is 3.30. The van der Waals surface area contributed by atoms with Crippen LogP contribution in [0.1, 0.15) is 30.4 Å². The van der Waals surface area contributed by atoms with Crippen LogP contribution in [0.5, 0.6) is 5.75 Å². The molecule has 1 aliphatic carbocycles. The summed E-state index contributed by atoms with van der Waals surface area (Å²) < 4.78 is 5.42. The first-order chi connectivity index (χ1) is 10.1. The molecule has 4 nitrogen and oxygen atoms in total. The first-order valence-electron chi connectivity index (χ1n) is 7.73. The number of carbonyl (C=O) groups is 1. The Morgan fingerprint density at radius 2 is 2.00 bits per heavy atom. The summed E-state index contributed by atoms with van der Waals surface area (Å²) in [5.41, 5.74) is 3.25. The Labute approximate surface area is 138 Å². The predicted molar refractivity (Wildman–Crippen MR) is 91.0 cm³/mol. The van der Waals surface area contributed by atoms with Crippen LogP contribution in [0, 0.1) is 25.2 Å². The van der Waals surface area contributed by atoms with Crippen LogP contribution >= 0.6 is 12.4 Å². The molecule has 5 heteroatoms. The molecule has 1 unspecified atom stereocenters. The summed E-state index contributed by atoms with van der Waals surface area (Å²) in [4.78, 5) is 12.5. The number of anilines is 1. The van der Waals surface area contributed by atoms with E-state index >= 15 is 0 Å². The van der Waals surface area contributed by atoms with Crippen LogP contribution in [0.3, 0.4) is 0 Å². The van der Waals surface area contributed by atoms with Crippen molar-refractivity contribution < 1.29 is 9.53 Å². The maximum atomic E-state index is 12.5. The van der Waals surface area contributed by atoms with Crippen LogP contribution in [0.4, 0.5) is 5.69 Å². The largest absolute Gasteiger partial charge is 0.496 e. The minimum atomic E-state index is 0. The molecule has 1 atom stereocenters. The Morgan fingerprint density at radius 3 is 2.64 bits per heavy atom. The van der Waals surface area contributed by atoms with Crippen LogP contribution < -0.4 is 15.4 Å². The van der Waals surface area contributed by atoms with Crippen molar-refractivity contribution in [2.45, 2.75) is 33.1 Å². The standard InChI is InChI=1S/C17H24N2O2.ClH/c1-11-4-5-14(12(2)15(11)21-3)19-16(20)13-10-17(13)6-8-18-9-7-17;/h4-5,13,18H,6-10H2,1-3H3,(H,19,20);1H. The zero-order valence-corrected chi connectivity index (χ0v) is 14.3. The average Bonchev–Trinajstić information content (AvgIpc) is 3.17. The smallest absolute Gasteiger partial charge is 0.228 e. The second kappa shape index (κ2) is 6.47. The highest BCUT2D eigenvalue weighted by atomic mass is 35.5. The van der Waals surface area contributed by atoms with Gasteiger partial charge in [0.25, 0.3) is 0 Å². The fourth-order valence-electron chi connectivity index (χ4n) is 3.69. The number of methoxy groups -OCH3 is 1. The molecule has 1 aliphatic heterocycles. The van der Waals surface area contributed by atoms with Gasteiger partial charge in [-0.05, 0) is 63.2 Å². The molecule has 1 spiro atoms. The molecule has 2 N–H and O–H groups in total. The number of ether oxygens (including phenoxy) is 1. The number of rotatable bonds is 3. The second-order valence-electron chi connectivity index (χ2n) is 6.45. The summed E-state index contributed by atoms with van der Waals surface area (Å²) in [5, 5.41) is 6.48. The van der Waals surface area contributed by atoms with E-state index < -0.39 is 0 Å². The van der Waals surface area contributed by atoms with Crippen molar-refractivity contribution in [1.82, 2.24) is 5.32 Å². The van der Waals surface area contributed by atoms with Crippen LogP contribution in [-0.2, 0) is 4.79 Å². The van der Waals surface area contributed by atoms with Crippen molar-refractivity contribution in [1.29, 1.82) is 0 Å². The van der Waals surface area contributed by atoms with Crippen LogP contribution in [-0.4, -0.2) is 26.1 Å². The van der Waals surface area contributed by atoms with Gasteiger partial charge < -0.3 is 15.4 Å². The van der Waals surface area contributed by atoms with Crippen molar-refractivity contribution in [3.8, 4) is 5.75 Å². The Hall–Kier alpha value is -1.26. The lowest BCUT2D eigenvalue weighted by atomic mass is 9.91. The van der Waals surface area contributed by atoms with Gasteiger partial charge in [0.15, 0.2) is 0 Å². The molecule has 2 fully saturated rings. The Balaban J connectivity index is 0.00000176. The topological polar surface area (TPSA) is 50.4 Å². The lowest BCUT2D eigenvalue weighted by Gasteiger charge is -2.23. The summed E-state index contributed by atoms with van der Waals surface area (Å²) >= 11 is 0. The molecule has 0 bridgehead atoms. The molecular formula is C17H25ClN2O2. The average molecular weight is 325 g/mol. The van der Waals surface area contributed by atoms with E-state index in [1.54, 1.807) is 7.11 Å². The molecule has 122 valence electrons. The highest BCUT2D eigenvalue weighted by Crippen LogP contribution is 2.58. The van der Waals surface area contributed by atoms with E-state index in [1.807, 2.05) is 26.0 Å². The molecule has 0 aromatic heterocycles. The highest BCUT2D eigenvalue weighted by Gasteiger charge is 2.57. The van der Waals surface area contributed by atoms with Gasteiger partial charge in [-0.2, -0.15) is 0 Å². The fraction of sp³-hybridized carbons (Fsp3) is 0.588. The SMILES string of the molecule is COc1c(C)ccc(NC(=O)C2CC23CCNCC3)c1C.Cl. The lowest BCUT2D eigenvalue weighted by molar-refractivity contribution is -0.118. The van der Waals surface area contributed by atoms with Crippen LogP contribution in [0.2, 0.25) is 0 Å². The number of benzene rings is 1. The number of halogens is 1. The first kappa shape index (κ1) is 17.1. The van der Waals surface area contributed by atoms with E-state index in [1.165, 1.54) is 0 Å². The van der Waals surface area contributed by atoms with Gasteiger partial charge >= 0.3 is 0 Å². The number of aryl methyl sites for hydroxylation is 1. The van der Waals surface area contributed by atoms with Crippen molar-refractivity contribution >= 4 is 24.0 Å². The molecular weight excluding hydrogens is 300 g/mol. The molecule has 3 rings (SSSR count). The maximum absolute atomic E-state index is 12.5. The van der Waals surface area contributed by atoms with Gasteiger partial charge in [0.2, 0.25) is 5.91 Å². The van der Waals surface area contributed by atoms with Gasteiger partial charge in [-0.15, -0.1) is 12.4 Å². The number of hydrogen-bond acceptors (Lipinski definition) is 3. The third kappa shape index (κ3) is 2.95. The van der Waals surface area contributed by atoms with Crippen LogP contribution in [0.25, 0.3) is 0 Å². The van der Waals surface area contributed by atoms with E-state index in [2.05, 4.69) is 10.6 Å². The molecule has 22 heavy (non-hydrogen) atoms. The molecule has 1 aromatic rings. The van der Waals surface area contributed by atoms with E-state index in [-0.39, 0.29) is 29.6 Å². The zero-order chi connectivity index (χ0) is 15.0. The minimum Gasteiger partial charge on any atom is -0.496 e. The Bertz CT molecular complexity index is 568. The summed E-state index contributed by atoms with van der Waals surface area (Å²) in [6.45, 7) is 6.10. The van der Waals surface area contributed by atoms with E-state index in [4.69, 9.17) is 4.74 Å². The quantitative estimate of drug-likeness (QED) is 0.898. The zero-order valence-electron chi connectivity index (χ0n) is 13.5. The number of carbonyl (C=O) groups excluding carboxylic acids is 1. The Kier molecular flexibility index (Phi) is 5.03. The summed E-state index contributed by atoms with van der Waals surface area (Å²) in [5.74, 6) is 1.22. The van der Waals surface area contributed by atoms with Crippen molar-refractivity contribution in [3.05, 3.63) is 23.3 Å². The van der Waals surface area contributed by atoms with E-state index in [9.17, 15) is 4.79 Å². The van der Waals surface area contributed by atoms with Gasteiger partial charge in [-0.3, -0.25) is 4.79 Å². The third-order valence-electron chi connectivity index (χ3n) is 5.17. The normalized spacial score (nSPS) is 21.9. The van der Waals surface area contributed by atoms with Gasteiger partial charge in [-0.25, -0.2) is 0 Å². The third-order valence-corrected chi connectivity index (χ3v) is 5.17. The minimum absolute atomic E-state index is 0. The van der Waals surface area contributed by atoms with E-state index in [0.717, 1.165) is 54.9 Å². The molecule has 1 amide bonds. The van der Waals surface area contributed by atoms with Gasteiger partial charge in [0.1, 0.15) is 5.75 Å². The maximum Gasteiger partial charge on any atom is 0.228 e. The Morgan fingerprint density at radius 1 is 1.32 bits per heavy atom. The van der Waals surface area contributed by atoms with Crippen molar-refractivity contribution in [2.24, 2.45) is 11.3 Å². The predicted octanol–water partition coefficient (Wildman–Crippen LogP) is 3.06. The molecule has 1 heterocycles. The summed E-state index contributed by atoms with van der Waals surface area (Å²) in [6, 6.07) is 3.97. The first-order valence-corrected chi connectivity index (χ1v) is 7.73. The second-order valence-corrected chi connectivity index (χ2v) is 6.45. The lowest BCUT2D eigenvalue weighted by Crippen LogP contribution is -2.31. The van der Waals surface area contributed by atoms with E-state index in [0.29, 0.717) is 0 Å². The molecule has 0 radical (unpaired) electrons. The number of piperidine rings is 1. The van der Waals surface area contributed by atoms with Crippen molar-refractivity contribution in [3.63, 3.8) is 0 Å². The number of amides is 1. The number of nitrogens with one attached hydrogen (secondary N) is 2. The summed E-state index contributed by atoms with van der Waals surface area (Å²) in [7, 11) is 1.67. The number of hydrogen-bond donors (Lipinski definition) is 2.